The minimum atomic E-state index is -1.22. The monoisotopic (exact) mass is 431 g/mol. The molecule has 0 aromatic heterocycles. The third kappa shape index (κ3) is 6.89. The summed E-state index contributed by atoms with van der Waals surface area (Å²) in [5.74, 6) is -4.17. The van der Waals surface area contributed by atoms with Gasteiger partial charge in [-0.1, -0.05) is 13.8 Å². The Kier molecular flexibility index (Phi) is 9.37. The fraction of sp³-hybridized carbons (Fsp3) is 0.706. The van der Waals surface area contributed by atoms with Gasteiger partial charge >= 0.3 is 5.97 Å². The van der Waals surface area contributed by atoms with Crippen molar-refractivity contribution in [2.75, 3.05) is 12.3 Å². The SMILES string of the molecule is CC(C)C(NC(=O)C(CS)NC(=O)C(N)CC(N)=O)C(=O)N1CCCC1C(=O)O. The molecule has 4 atom stereocenters. The Hall–Kier alpha value is -2.34. The van der Waals surface area contributed by atoms with Gasteiger partial charge in [-0.05, 0) is 18.8 Å². The second-order valence-corrected chi connectivity index (χ2v) is 7.64. The molecule has 1 fully saturated rings. The number of nitrogens with one attached hydrogen (secondary N) is 2. The summed E-state index contributed by atoms with van der Waals surface area (Å²) >= 11 is 4.04. The lowest BCUT2D eigenvalue weighted by Crippen LogP contribution is -2.59. The Morgan fingerprint density at radius 1 is 1.17 bits per heavy atom. The zero-order chi connectivity index (χ0) is 22.3. The summed E-state index contributed by atoms with van der Waals surface area (Å²) in [5.41, 5.74) is 10.6. The quantitative estimate of drug-likeness (QED) is 0.212. The lowest BCUT2D eigenvalue weighted by molar-refractivity contribution is -0.150. The van der Waals surface area contributed by atoms with Crippen LogP contribution in [0.25, 0.3) is 0 Å². The smallest absolute Gasteiger partial charge is 0.326 e. The molecule has 1 rings (SSSR count). The maximum atomic E-state index is 12.9. The van der Waals surface area contributed by atoms with Crippen LogP contribution in [0.4, 0.5) is 0 Å². The third-order valence-corrected chi connectivity index (χ3v) is 4.99. The van der Waals surface area contributed by atoms with Gasteiger partial charge in [0.15, 0.2) is 0 Å². The van der Waals surface area contributed by atoms with Gasteiger partial charge in [-0.15, -0.1) is 0 Å². The van der Waals surface area contributed by atoms with Crippen molar-refractivity contribution in [3.63, 3.8) is 0 Å². The first-order valence-corrected chi connectivity index (χ1v) is 9.91. The molecule has 12 heteroatoms. The maximum absolute atomic E-state index is 12.9. The van der Waals surface area contributed by atoms with Gasteiger partial charge in [0, 0.05) is 12.3 Å². The molecular weight excluding hydrogens is 402 g/mol. The number of carbonyl (C=O) groups is 5. The van der Waals surface area contributed by atoms with Crippen LogP contribution in [0.5, 0.6) is 0 Å². The van der Waals surface area contributed by atoms with Crippen LogP contribution in [0.15, 0.2) is 0 Å². The van der Waals surface area contributed by atoms with Crippen molar-refractivity contribution < 1.29 is 29.1 Å². The summed E-state index contributed by atoms with van der Waals surface area (Å²) in [4.78, 5) is 61.0. The number of thiol groups is 1. The van der Waals surface area contributed by atoms with Crippen LogP contribution in [0.1, 0.15) is 33.1 Å². The molecule has 1 aliphatic rings. The summed E-state index contributed by atoms with van der Waals surface area (Å²) in [7, 11) is 0. The number of hydrogen-bond acceptors (Lipinski definition) is 7. The van der Waals surface area contributed by atoms with E-state index >= 15 is 0 Å². The molecule has 1 saturated heterocycles. The second-order valence-electron chi connectivity index (χ2n) is 7.28. The molecule has 4 unspecified atom stereocenters. The van der Waals surface area contributed by atoms with E-state index in [-0.39, 0.29) is 18.1 Å². The number of rotatable bonds is 10. The van der Waals surface area contributed by atoms with Crippen molar-refractivity contribution in [1.82, 2.24) is 15.5 Å². The predicted molar refractivity (Wildman–Crippen MR) is 107 cm³/mol. The predicted octanol–water partition coefficient (Wildman–Crippen LogP) is -2.18. The zero-order valence-electron chi connectivity index (χ0n) is 16.5. The maximum Gasteiger partial charge on any atom is 0.326 e. The van der Waals surface area contributed by atoms with E-state index in [1.54, 1.807) is 13.8 Å². The molecule has 0 saturated carbocycles. The number of hydrogen-bond donors (Lipinski definition) is 6. The normalized spacial score (nSPS) is 19.3. The Balaban J connectivity index is 2.84. The molecular formula is C17H29N5O6S. The number of carbonyl (C=O) groups excluding carboxylic acids is 4. The van der Waals surface area contributed by atoms with E-state index in [9.17, 15) is 29.1 Å². The molecule has 1 aliphatic heterocycles. The number of likely N-dealkylation sites (tertiary alicyclic amines) is 1. The Labute approximate surface area is 174 Å². The molecule has 29 heavy (non-hydrogen) atoms. The van der Waals surface area contributed by atoms with Crippen molar-refractivity contribution in [1.29, 1.82) is 0 Å². The molecule has 0 aromatic carbocycles. The average molecular weight is 432 g/mol. The molecule has 1 heterocycles. The highest BCUT2D eigenvalue weighted by Crippen LogP contribution is 2.20. The van der Waals surface area contributed by atoms with E-state index in [0.717, 1.165) is 0 Å². The summed E-state index contributed by atoms with van der Waals surface area (Å²) in [5, 5.41) is 14.2. The number of primary amides is 1. The standard InChI is InChI=1S/C17H29N5O6S/c1-8(2)13(16(26)22-5-3-4-11(22)17(27)28)21-15(25)10(7-29)20-14(24)9(18)6-12(19)23/h8-11,13,29H,3-7,18H2,1-2H3,(H2,19,23)(H,20,24)(H,21,25)(H,27,28). The van der Waals surface area contributed by atoms with Crippen LogP contribution in [0, 0.1) is 5.92 Å². The largest absolute Gasteiger partial charge is 0.480 e. The third-order valence-electron chi connectivity index (χ3n) is 4.62. The summed E-state index contributed by atoms with van der Waals surface area (Å²) in [6.07, 6.45) is 0.535. The van der Waals surface area contributed by atoms with Crippen LogP contribution < -0.4 is 22.1 Å². The van der Waals surface area contributed by atoms with Gasteiger partial charge in [0.25, 0.3) is 0 Å². The lowest BCUT2D eigenvalue weighted by atomic mass is 10.0. The van der Waals surface area contributed by atoms with Crippen LogP contribution in [0.2, 0.25) is 0 Å². The fourth-order valence-corrected chi connectivity index (χ4v) is 3.27. The van der Waals surface area contributed by atoms with Gasteiger partial charge in [-0.2, -0.15) is 12.6 Å². The van der Waals surface area contributed by atoms with Gasteiger partial charge in [-0.3, -0.25) is 19.2 Å². The Bertz CT molecular complexity index is 658. The summed E-state index contributed by atoms with van der Waals surface area (Å²) < 4.78 is 0. The number of carboxylic acids is 1. The summed E-state index contributed by atoms with van der Waals surface area (Å²) in [6.45, 7) is 3.72. The first kappa shape index (κ1) is 24.7. The number of aliphatic carboxylic acids is 1. The summed E-state index contributed by atoms with van der Waals surface area (Å²) in [6, 6.07) is -4.22. The molecule has 164 valence electrons. The van der Waals surface area contributed by atoms with E-state index < -0.39 is 53.8 Å². The van der Waals surface area contributed by atoms with Crippen molar-refractivity contribution in [2.45, 2.75) is 57.3 Å². The first-order chi connectivity index (χ1) is 13.5. The molecule has 0 bridgehead atoms. The number of amides is 4. The van der Waals surface area contributed by atoms with Gasteiger partial charge in [0.1, 0.15) is 18.1 Å². The van der Waals surface area contributed by atoms with Crippen molar-refractivity contribution in [2.24, 2.45) is 17.4 Å². The molecule has 7 N–H and O–H groups in total. The Morgan fingerprint density at radius 2 is 1.79 bits per heavy atom. The topological polar surface area (TPSA) is 185 Å². The highest BCUT2D eigenvalue weighted by Gasteiger charge is 2.39. The fourth-order valence-electron chi connectivity index (χ4n) is 3.02. The van der Waals surface area contributed by atoms with E-state index in [1.165, 1.54) is 4.90 Å². The number of nitrogens with zero attached hydrogens (tertiary/aromatic N) is 1. The van der Waals surface area contributed by atoms with E-state index in [1.807, 2.05) is 0 Å². The van der Waals surface area contributed by atoms with Gasteiger partial charge in [0.05, 0.1) is 12.5 Å². The van der Waals surface area contributed by atoms with Gasteiger partial charge in [-0.25, -0.2) is 4.79 Å². The molecule has 4 amide bonds. The molecule has 0 aliphatic carbocycles. The molecule has 11 nitrogen and oxygen atoms in total. The van der Waals surface area contributed by atoms with Crippen LogP contribution in [-0.4, -0.2) is 76.1 Å². The minimum absolute atomic E-state index is 0.0820. The highest BCUT2D eigenvalue weighted by atomic mass is 32.1. The van der Waals surface area contributed by atoms with Gasteiger partial charge in [0.2, 0.25) is 23.6 Å². The zero-order valence-corrected chi connectivity index (χ0v) is 17.4. The van der Waals surface area contributed by atoms with Crippen molar-refractivity contribution in [3.8, 4) is 0 Å². The minimum Gasteiger partial charge on any atom is -0.480 e. The number of nitrogens with two attached hydrogens (primary N) is 2. The van der Waals surface area contributed by atoms with Crippen LogP contribution in [-0.2, 0) is 24.0 Å². The second kappa shape index (κ2) is 11.0. The Morgan fingerprint density at radius 3 is 2.28 bits per heavy atom. The first-order valence-electron chi connectivity index (χ1n) is 9.28. The number of carboxylic acid groups (broad SMARTS) is 1. The molecule has 0 spiro atoms. The lowest BCUT2D eigenvalue weighted by Gasteiger charge is -2.30. The van der Waals surface area contributed by atoms with Crippen LogP contribution >= 0.6 is 12.6 Å². The van der Waals surface area contributed by atoms with Crippen molar-refractivity contribution in [3.05, 3.63) is 0 Å². The average Bonchev–Trinajstić information content (AvgIpc) is 3.12. The van der Waals surface area contributed by atoms with E-state index in [0.29, 0.717) is 19.4 Å². The van der Waals surface area contributed by atoms with E-state index in [4.69, 9.17) is 11.5 Å². The molecule has 0 radical (unpaired) electrons. The van der Waals surface area contributed by atoms with E-state index in [2.05, 4.69) is 23.3 Å². The molecule has 0 aromatic rings. The highest BCUT2D eigenvalue weighted by molar-refractivity contribution is 7.80. The van der Waals surface area contributed by atoms with Gasteiger partial charge < -0.3 is 32.1 Å². The van der Waals surface area contributed by atoms with Crippen LogP contribution in [0.3, 0.4) is 0 Å². The van der Waals surface area contributed by atoms with Crippen molar-refractivity contribution >= 4 is 42.2 Å².